The third-order valence-corrected chi connectivity index (χ3v) is 2.82. The van der Waals surface area contributed by atoms with Crippen LogP contribution < -0.4 is 0 Å². The van der Waals surface area contributed by atoms with E-state index in [1.807, 2.05) is 4.68 Å². The van der Waals surface area contributed by atoms with Crippen molar-refractivity contribution in [1.29, 1.82) is 0 Å². The molecule has 0 aliphatic rings. The van der Waals surface area contributed by atoms with Crippen LogP contribution in [0.2, 0.25) is 0 Å². The molecule has 0 bridgehead atoms. The Hall–Kier alpha value is -2.23. The molecule has 0 N–H and O–H groups in total. The van der Waals surface area contributed by atoms with E-state index in [4.69, 9.17) is 0 Å². The van der Waals surface area contributed by atoms with Crippen molar-refractivity contribution >= 4 is 11.0 Å². The molecule has 0 saturated carbocycles. The van der Waals surface area contributed by atoms with Gasteiger partial charge in [0, 0.05) is 6.20 Å². The third-order valence-electron chi connectivity index (χ3n) is 2.82. The molecule has 3 aromatic rings. The SMILES string of the molecule is CCc1ccc(-n2ncc3cncnc32)cc1. The van der Waals surface area contributed by atoms with Gasteiger partial charge >= 0.3 is 0 Å². The summed E-state index contributed by atoms with van der Waals surface area (Å²) in [6, 6.07) is 8.36. The van der Waals surface area contributed by atoms with Crippen LogP contribution in [0.15, 0.2) is 43.0 Å². The molecule has 0 atom stereocenters. The highest BCUT2D eigenvalue weighted by atomic mass is 15.3. The van der Waals surface area contributed by atoms with E-state index in [2.05, 4.69) is 46.3 Å². The average molecular weight is 224 g/mol. The van der Waals surface area contributed by atoms with Crippen molar-refractivity contribution in [2.45, 2.75) is 13.3 Å². The number of fused-ring (bicyclic) bond motifs is 1. The van der Waals surface area contributed by atoms with Gasteiger partial charge in [-0.1, -0.05) is 19.1 Å². The highest BCUT2D eigenvalue weighted by Crippen LogP contribution is 2.15. The second-order valence-electron chi connectivity index (χ2n) is 3.88. The zero-order valence-corrected chi connectivity index (χ0v) is 9.54. The molecular formula is C13H12N4. The van der Waals surface area contributed by atoms with E-state index in [1.54, 1.807) is 18.7 Å². The summed E-state index contributed by atoms with van der Waals surface area (Å²) in [6.45, 7) is 2.14. The van der Waals surface area contributed by atoms with Gasteiger partial charge in [-0.15, -0.1) is 0 Å². The van der Waals surface area contributed by atoms with Gasteiger partial charge in [-0.05, 0) is 24.1 Å². The molecule has 2 heterocycles. The van der Waals surface area contributed by atoms with Crippen LogP contribution in [0.3, 0.4) is 0 Å². The summed E-state index contributed by atoms with van der Waals surface area (Å²) in [5.74, 6) is 0. The summed E-state index contributed by atoms with van der Waals surface area (Å²) in [5, 5.41) is 5.29. The van der Waals surface area contributed by atoms with Crippen molar-refractivity contribution in [3.05, 3.63) is 48.5 Å². The fraction of sp³-hybridized carbons (Fsp3) is 0.154. The molecule has 0 fully saturated rings. The smallest absolute Gasteiger partial charge is 0.166 e. The lowest BCUT2D eigenvalue weighted by atomic mass is 10.1. The number of nitrogens with zero attached hydrogens (tertiary/aromatic N) is 4. The van der Waals surface area contributed by atoms with Crippen LogP contribution >= 0.6 is 0 Å². The number of hydrogen-bond acceptors (Lipinski definition) is 3. The summed E-state index contributed by atoms with van der Waals surface area (Å²) in [7, 11) is 0. The van der Waals surface area contributed by atoms with Crippen molar-refractivity contribution in [2.75, 3.05) is 0 Å². The highest BCUT2D eigenvalue weighted by Gasteiger charge is 2.05. The molecule has 2 aromatic heterocycles. The van der Waals surface area contributed by atoms with E-state index in [0.717, 1.165) is 23.1 Å². The predicted octanol–water partition coefficient (Wildman–Crippen LogP) is 2.38. The van der Waals surface area contributed by atoms with Gasteiger partial charge in [-0.2, -0.15) is 5.10 Å². The normalized spacial score (nSPS) is 10.9. The van der Waals surface area contributed by atoms with Crippen molar-refractivity contribution in [3.63, 3.8) is 0 Å². The molecule has 17 heavy (non-hydrogen) atoms. The minimum absolute atomic E-state index is 0.837. The van der Waals surface area contributed by atoms with Gasteiger partial charge in [0.05, 0.1) is 17.3 Å². The van der Waals surface area contributed by atoms with Crippen LogP contribution in [-0.4, -0.2) is 19.7 Å². The lowest BCUT2D eigenvalue weighted by molar-refractivity contribution is 0.893. The van der Waals surface area contributed by atoms with Crippen LogP contribution in [0, 0.1) is 0 Å². The van der Waals surface area contributed by atoms with Crippen molar-refractivity contribution in [3.8, 4) is 5.69 Å². The number of aromatic nitrogens is 4. The van der Waals surface area contributed by atoms with Crippen molar-refractivity contribution < 1.29 is 0 Å². The maximum Gasteiger partial charge on any atom is 0.166 e. The molecule has 0 aliphatic heterocycles. The monoisotopic (exact) mass is 224 g/mol. The molecule has 0 saturated heterocycles. The maximum absolute atomic E-state index is 4.34. The second kappa shape index (κ2) is 3.97. The Labute approximate surface area is 98.9 Å². The van der Waals surface area contributed by atoms with E-state index in [-0.39, 0.29) is 0 Å². The number of aryl methyl sites for hydroxylation is 1. The van der Waals surface area contributed by atoms with Crippen LogP contribution in [0.25, 0.3) is 16.7 Å². The molecule has 0 spiro atoms. The van der Waals surface area contributed by atoms with Crippen LogP contribution in [-0.2, 0) is 6.42 Å². The molecule has 4 heteroatoms. The largest absolute Gasteiger partial charge is 0.244 e. The number of benzene rings is 1. The number of rotatable bonds is 2. The van der Waals surface area contributed by atoms with Gasteiger partial charge < -0.3 is 0 Å². The quantitative estimate of drug-likeness (QED) is 0.671. The first-order valence-corrected chi connectivity index (χ1v) is 5.61. The van der Waals surface area contributed by atoms with Gasteiger partial charge in [0.25, 0.3) is 0 Å². The lowest BCUT2D eigenvalue weighted by Gasteiger charge is -2.03. The first kappa shape index (κ1) is 9.96. The van der Waals surface area contributed by atoms with Crippen molar-refractivity contribution in [1.82, 2.24) is 19.7 Å². The summed E-state index contributed by atoms with van der Waals surface area (Å²) in [4.78, 5) is 8.23. The molecule has 0 aliphatic carbocycles. The molecule has 84 valence electrons. The first-order valence-electron chi connectivity index (χ1n) is 5.61. The Balaban J connectivity index is 2.13. The van der Waals surface area contributed by atoms with E-state index >= 15 is 0 Å². The zero-order chi connectivity index (χ0) is 11.7. The van der Waals surface area contributed by atoms with Crippen LogP contribution in [0.4, 0.5) is 0 Å². The predicted molar refractivity (Wildman–Crippen MR) is 66.0 cm³/mol. The molecule has 0 amide bonds. The Bertz CT molecular complexity index is 640. The first-order chi connectivity index (χ1) is 8.38. The Morgan fingerprint density at radius 1 is 1.12 bits per heavy atom. The molecule has 1 aromatic carbocycles. The van der Waals surface area contributed by atoms with Gasteiger partial charge in [-0.25, -0.2) is 14.6 Å². The lowest BCUT2D eigenvalue weighted by Crippen LogP contribution is -1.97. The minimum Gasteiger partial charge on any atom is -0.244 e. The fourth-order valence-electron chi connectivity index (χ4n) is 1.84. The number of hydrogen-bond donors (Lipinski definition) is 0. The molecule has 4 nitrogen and oxygen atoms in total. The van der Waals surface area contributed by atoms with E-state index in [1.165, 1.54) is 5.56 Å². The molecular weight excluding hydrogens is 212 g/mol. The topological polar surface area (TPSA) is 43.6 Å². The summed E-state index contributed by atoms with van der Waals surface area (Å²) < 4.78 is 1.83. The standard InChI is InChI=1S/C13H12N4/c1-2-10-3-5-12(6-4-10)17-13-11(8-16-17)7-14-9-15-13/h3-9H,2H2,1H3. The Morgan fingerprint density at radius 2 is 1.94 bits per heavy atom. The Morgan fingerprint density at radius 3 is 2.71 bits per heavy atom. The second-order valence-corrected chi connectivity index (χ2v) is 3.88. The zero-order valence-electron chi connectivity index (χ0n) is 9.54. The summed E-state index contributed by atoms with van der Waals surface area (Å²) in [5.41, 5.74) is 3.18. The molecule has 0 radical (unpaired) electrons. The van der Waals surface area contributed by atoms with Crippen LogP contribution in [0.1, 0.15) is 12.5 Å². The van der Waals surface area contributed by atoms with Gasteiger partial charge in [0.1, 0.15) is 6.33 Å². The van der Waals surface area contributed by atoms with Gasteiger partial charge in [0.2, 0.25) is 0 Å². The average Bonchev–Trinajstić information content (AvgIpc) is 2.83. The Kier molecular flexibility index (Phi) is 2.33. The van der Waals surface area contributed by atoms with E-state index in [9.17, 15) is 0 Å². The molecule has 0 unspecified atom stereocenters. The minimum atomic E-state index is 0.837. The van der Waals surface area contributed by atoms with Crippen LogP contribution in [0.5, 0.6) is 0 Å². The highest BCUT2D eigenvalue weighted by molar-refractivity contribution is 5.74. The summed E-state index contributed by atoms with van der Waals surface area (Å²) in [6.07, 6.45) is 6.14. The van der Waals surface area contributed by atoms with E-state index in [0.29, 0.717) is 0 Å². The van der Waals surface area contributed by atoms with Gasteiger partial charge in [0.15, 0.2) is 5.65 Å². The summed E-state index contributed by atoms with van der Waals surface area (Å²) >= 11 is 0. The molecule has 3 rings (SSSR count). The van der Waals surface area contributed by atoms with Gasteiger partial charge in [-0.3, -0.25) is 0 Å². The fourth-order valence-corrected chi connectivity index (χ4v) is 1.84. The van der Waals surface area contributed by atoms with E-state index < -0.39 is 0 Å². The third kappa shape index (κ3) is 1.67. The van der Waals surface area contributed by atoms with Crippen molar-refractivity contribution in [2.24, 2.45) is 0 Å². The maximum atomic E-state index is 4.34.